The smallest absolute Gasteiger partial charge is 0.317 e. The van der Waals surface area contributed by atoms with Crippen LogP contribution in [0.3, 0.4) is 0 Å². The predicted molar refractivity (Wildman–Crippen MR) is 69.0 cm³/mol. The minimum atomic E-state index is -3.16. The van der Waals surface area contributed by atoms with Crippen LogP contribution in [0.5, 0.6) is 0 Å². The van der Waals surface area contributed by atoms with Gasteiger partial charge in [-0.3, -0.25) is 9.69 Å². The minimum Gasteiger partial charge on any atom is -0.480 e. The molecule has 0 atom stereocenters. The monoisotopic (exact) mass is 278 g/mol. The Morgan fingerprint density at radius 2 is 1.94 bits per heavy atom. The van der Waals surface area contributed by atoms with Gasteiger partial charge in [0.15, 0.2) is 0 Å². The van der Waals surface area contributed by atoms with Crippen molar-refractivity contribution in [1.82, 2.24) is 9.21 Å². The van der Waals surface area contributed by atoms with Gasteiger partial charge in [-0.15, -0.1) is 0 Å². The minimum absolute atomic E-state index is 0.0111. The van der Waals surface area contributed by atoms with Crippen LogP contribution in [0.1, 0.15) is 26.2 Å². The maximum absolute atomic E-state index is 12.0. The van der Waals surface area contributed by atoms with E-state index >= 15 is 0 Å². The molecule has 0 aromatic carbocycles. The van der Waals surface area contributed by atoms with Crippen LogP contribution < -0.4 is 0 Å². The number of unbranched alkanes of at least 4 members (excludes halogenated alkanes) is 1. The van der Waals surface area contributed by atoms with E-state index < -0.39 is 16.0 Å². The molecule has 7 heteroatoms. The number of sulfonamides is 1. The van der Waals surface area contributed by atoms with Crippen LogP contribution in [0.15, 0.2) is 0 Å². The first-order chi connectivity index (χ1) is 8.45. The predicted octanol–water partition coefficient (Wildman–Crippen LogP) is 0.209. The second-order valence-electron chi connectivity index (χ2n) is 4.59. The molecule has 0 aliphatic carbocycles. The number of hydrogen-bond acceptors (Lipinski definition) is 4. The Labute approximate surface area is 109 Å². The third-order valence-electron chi connectivity index (χ3n) is 3.06. The number of aliphatic carboxylic acids is 1. The molecule has 0 bridgehead atoms. The van der Waals surface area contributed by atoms with Crippen LogP contribution in [0.4, 0.5) is 0 Å². The number of hydrogen-bond donors (Lipinski definition) is 1. The number of nitrogens with zero attached hydrogens (tertiary/aromatic N) is 2. The highest BCUT2D eigenvalue weighted by Gasteiger charge is 2.24. The van der Waals surface area contributed by atoms with Crippen molar-refractivity contribution in [2.24, 2.45) is 0 Å². The van der Waals surface area contributed by atoms with E-state index in [0.29, 0.717) is 39.0 Å². The second kappa shape index (κ2) is 7.06. The number of carbonyl (C=O) groups is 1. The number of rotatable bonds is 6. The van der Waals surface area contributed by atoms with Crippen molar-refractivity contribution in [2.75, 3.05) is 38.5 Å². The summed E-state index contributed by atoms with van der Waals surface area (Å²) in [5.74, 6) is -0.667. The third-order valence-corrected chi connectivity index (χ3v) is 5.01. The van der Waals surface area contributed by atoms with Gasteiger partial charge in [0.1, 0.15) is 0 Å². The van der Waals surface area contributed by atoms with Gasteiger partial charge in [0.05, 0.1) is 12.3 Å². The first-order valence-electron chi connectivity index (χ1n) is 6.37. The van der Waals surface area contributed by atoms with Gasteiger partial charge in [0.25, 0.3) is 0 Å². The van der Waals surface area contributed by atoms with E-state index in [4.69, 9.17) is 5.11 Å². The summed E-state index contributed by atoms with van der Waals surface area (Å²) in [5.41, 5.74) is 0. The van der Waals surface area contributed by atoms with Crippen molar-refractivity contribution in [2.45, 2.75) is 26.2 Å². The summed E-state index contributed by atoms with van der Waals surface area (Å²) in [4.78, 5) is 12.4. The summed E-state index contributed by atoms with van der Waals surface area (Å²) in [5, 5.41) is 8.73. The Morgan fingerprint density at radius 1 is 1.22 bits per heavy atom. The maximum Gasteiger partial charge on any atom is 0.317 e. The molecule has 0 radical (unpaired) electrons. The van der Waals surface area contributed by atoms with Gasteiger partial charge in [-0.05, 0) is 12.8 Å². The third kappa shape index (κ3) is 4.91. The van der Waals surface area contributed by atoms with Crippen LogP contribution in [0.2, 0.25) is 0 Å². The summed E-state index contributed by atoms with van der Waals surface area (Å²) in [6.07, 6.45) is 2.23. The van der Waals surface area contributed by atoms with Crippen molar-refractivity contribution in [3.8, 4) is 0 Å². The molecule has 0 spiro atoms. The van der Waals surface area contributed by atoms with Gasteiger partial charge in [0, 0.05) is 26.2 Å². The highest BCUT2D eigenvalue weighted by atomic mass is 32.2. The lowest BCUT2D eigenvalue weighted by Gasteiger charge is -2.20. The normalized spacial score (nSPS) is 19.6. The van der Waals surface area contributed by atoms with Crippen LogP contribution in [-0.4, -0.2) is 67.2 Å². The van der Waals surface area contributed by atoms with Crippen LogP contribution in [-0.2, 0) is 14.8 Å². The zero-order chi connectivity index (χ0) is 13.6. The summed E-state index contributed by atoms with van der Waals surface area (Å²) in [6.45, 7) is 4.00. The molecule has 0 aromatic rings. The molecule has 1 rings (SSSR count). The Hall–Kier alpha value is -0.660. The van der Waals surface area contributed by atoms with Gasteiger partial charge >= 0.3 is 5.97 Å². The molecular formula is C11H22N2O4S. The van der Waals surface area contributed by atoms with E-state index in [2.05, 4.69) is 0 Å². The Bertz CT molecular complexity index is 369. The Kier molecular flexibility index (Phi) is 6.04. The number of carboxylic acids is 1. The van der Waals surface area contributed by atoms with Crippen LogP contribution in [0, 0.1) is 0 Å². The lowest BCUT2D eigenvalue weighted by Crippen LogP contribution is -2.37. The highest BCUT2D eigenvalue weighted by Crippen LogP contribution is 2.10. The Balaban J connectivity index is 2.53. The van der Waals surface area contributed by atoms with Gasteiger partial charge in [0.2, 0.25) is 10.0 Å². The largest absolute Gasteiger partial charge is 0.480 e. The summed E-state index contributed by atoms with van der Waals surface area (Å²) in [6, 6.07) is 0. The fraction of sp³-hybridized carbons (Fsp3) is 0.909. The van der Waals surface area contributed by atoms with Gasteiger partial charge in [-0.1, -0.05) is 13.3 Å². The molecular weight excluding hydrogens is 256 g/mol. The fourth-order valence-electron chi connectivity index (χ4n) is 2.03. The van der Waals surface area contributed by atoms with Crippen LogP contribution in [0.25, 0.3) is 0 Å². The zero-order valence-electron chi connectivity index (χ0n) is 10.8. The first kappa shape index (κ1) is 15.4. The maximum atomic E-state index is 12.0. The zero-order valence-corrected chi connectivity index (χ0v) is 11.7. The van der Waals surface area contributed by atoms with E-state index in [9.17, 15) is 13.2 Å². The molecule has 1 heterocycles. The van der Waals surface area contributed by atoms with Crippen molar-refractivity contribution in [3.63, 3.8) is 0 Å². The van der Waals surface area contributed by atoms with Crippen LogP contribution >= 0.6 is 0 Å². The average Bonchev–Trinajstić information content (AvgIpc) is 2.52. The molecule has 1 aliphatic heterocycles. The summed E-state index contributed by atoms with van der Waals surface area (Å²) in [7, 11) is -3.16. The lowest BCUT2D eigenvalue weighted by atomic mass is 10.4. The van der Waals surface area contributed by atoms with Gasteiger partial charge < -0.3 is 5.11 Å². The topological polar surface area (TPSA) is 77.9 Å². The molecule has 0 unspecified atom stereocenters. The van der Waals surface area contributed by atoms with Gasteiger partial charge in [-0.25, -0.2) is 12.7 Å². The van der Waals surface area contributed by atoms with Crippen molar-refractivity contribution in [1.29, 1.82) is 0 Å². The van der Waals surface area contributed by atoms with E-state index in [1.165, 1.54) is 4.31 Å². The summed E-state index contributed by atoms with van der Waals surface area (Å²) >= 11 is 0. The first-order valence-corrected chi connectivity index (χ1v) is 7.98. The lowest BCUT2D eigenvalue weighted by molar-refractivity contribution is -0.138. The molecule has 0 saturated carbocycles. The molecule has 6 nitrogen and oxygen atoms in total. The quantitative estimate of drug-likeness (QED) is 0.751. The molecule has 1 fully saturated rings. The fourth-order valence-corrected chi connectivity index (χ4v) is 3.71. The number of carboxylic acid groups (broad SMARTS) is 1. The molecule has 18 heavy (non-hydrogen) atoms. The van der Waals surface area contributed by atoms with E-state index in [1.54, 1.807) is 4.90 Å². The van der Waals surface area contributed by atoms with E-state index in [1.807, 2.05) is 6.92 Å². The molecule has 0 amide bonds. The van der Waals surface area contributed by atoms with Gasteiger partial charge in [-0.2, -0.15) is 0 Å². The van der Waals surface area contributed by atoms with E-state index in [0.717, 1.165) is 6.42 Å². The standard InChI is InChI=1S/C11H22N2O4S/c1-2-3-9-18(16,17)13-6-4-5-12(7-8-13)10-11(14)15/h2-10H2,1H3,(H,14,15). The molecule has 1 aliphatic rings. The molecule has 106 valence electrons. The van der Waals surface area contributed by atoms with Crippen molar-refractivity contribution in [3.05, 3.63) is 0 Å². The SMILES string of the molecule is CCCCS(=O)(=O)N1CCCN(CC(=O)O)CC1. The average molecular weight is 278 g/mol. The van der Waals surface area contributed by atoms with Crippen molar-refractivity contribution >= 4 is 16.0 Å². The van der Waals surface area contributed by atoms with Crippen molar-refractivity contribution < 1.29 is 18.3 Å². The second-order valence-corrected chi connectivity index (χ2v) is 6.68. The Morgan fingerprint density at radius 3 is 2.56 bits per heavy atom. The summed E-state index contributed by atoms with van der Waals surface area (Å²) < 4.78 is 25.5. The molecule has 1 N–H and O–H groups in total. The molecule has 1 saturated heterocycles. The molecule has 0 aromatic heterocycles. The highest BCUT2D eigenvalue weighted by molar-refractivity contribution is 7.89. The van der Waals surface area contributed by atoms with E-state index in [-0.39, 0.29) is 12.3 Å².